The topological polar surface area (TPSA) is 104 Å². The van der Waals surface area contributed by atoms with Gasteiger partial charge >= 0.3 is 0 Å². The maximum absolute atomic E-state index is 13.5. The van der Waals surface area contributed by atoms with E-state index >= 15 is 0 Å². The minimum absolute atomic E-state index is 0.187. The Bertz CT molecular complexity index is 972. The predicted octanol–water partition coefficient (Wildman–Crippen LogP) is 2.95. The Kier molecular flexibility index (Phi) is 7.06. The van der Waals surface area contributed by atoms with Gasteiger partial charge in [-0.25, -0.2) is 8.42 Å². The lowest BCUT2D eigenvalue weighted by molar-refractivity contribution is -0.387. The van der Waals surface area contributed by atoms with E-state index in [4.69, 9.17) is 0 Å². The lowest BCUT2D eigenvalue weighted by Gasteiger charge is -2.31. The highest BCUT2D eigenvalue weighted by molar-refractivity contribution is 7.93. The van der Waals surface area contributed by atoms with Crippen molar-refractivity contribution in [2.75, 3.05) is 30.5 Å². The summed E-state index contributed by atoms with van der Waals surface area (Å²) in [7, 11) is -4.27. The van der Waals surface area contributed by atoms with Gasteiger partial charge < -0.3 is 10.0 Å². The normalized spacial score (nSPS) is 16.2. The quantitative estimate of drug-likeness (QED) is 0.507. The fourth-order valence-electron chi connectivity index (χ4n) is 3.69. The third kappa shape index (κ3) is 5.16. The van der Waals surface area contributed by atoms with Gasteiger partial charge in [-0.05, 0) is 51.1 Å². The van der Waals surface area contributed by atoms with Gasteiger partial charge in [-0.3, -0.25) is 14.4 Å². The minimum atomic E-state index is -4.27. The van der Waals surface area contributed by atoms with E-state index < -0.39 is 26.7 Å². The Morgan fingerprint density at radius 2 is 1.73 bits per heavy atom. The molecule has 0 saturated carbocycles. The summed E-state index contributed by atoms with van der Waals surface area (Å²) >= 11 is 0. The van der Waals surface area contributed by atoms with E-state index in [0.717, 1.165) is 42.2 Å². The number of aryl methyl sites for hydroxylation is 1. The summed E-state index contributed by atoms with van der Waals surface area (Å²) in [6.07, 6.45) is 2.35. The Balaban J connectivity index is 1.95. The Labute approximate surface area is 176 Å². The molecule has 2 aromatic rings. The first-order valence-corrected chi connectivity index (χ1v) is 11.5. The molecule has 0 aliphatic carbocycles. The molecule has 1 saturated heterocycles. The number of nitro benzene ring substituents is 1. The van der Waals surface area contributed by atoms with Crippen LogP contribution in [0.2, 0.25) is 0 Å². The van der Waals surface area contributed by atoms with Crippen LogP contribution in [0.5, 0.6) is 0 Å². The van der Waals surface area contributed by atoms with Crippen molar-refractivity contribution in [1.82, 2.24) is 4.90 Å². The first kappa shape index (κ1) is 22.2. The van der Waals surface area contributed by atoms with Gasteiger partial charge in [0.2, 0.25) is 0 Å². The molecule has 8 nitrogen and oxygen atoms in total. The Hall–Kier alpha value is -2.49. The summed E-state index contributed by atoms with van der Waals surface area (Å²) in [5.74, 6) is 0. The van der Waals surface area contributed by atoms with E-state index in [9.17, 15) is 23.6 Å². The van der Waals surface area contributed by atoms with Crippen LogP contribution in [0.15, 0.2) is 53.4 Å². The summed E-state index contributed by atoms with van der Waals surface area (Å²) in [6.45, 7) is 3.80. The molecular formula is C21H27N3O5S. The van der Waals surface area contributed by atoms with Crippen molar-refractivity contribution in [2.24, 2.45) is 0 Å². The summed E-state index contributed by atoms with van der Waals surface area (Å²) in [4.78, 5) is 12.5. The number of likely N-dealkylation sites (tertiary alicyclic amines) is 1. The molecule has 1 heterocycles. The summed E-state index contributed by atoms with van der Waals surface area (Å²) in [5, 5.41) is 22.1. The number of nitrogens with zero attached hydrogens (tertiary/aromatic N) is 3. The van der Waals surface area contributed by atoms with Crippen LogP contribution in [0.3, 0.4) is 0 Å². The van der Waals surface area contributed by atoms with Crippen LogP contribution < -0.4 is 4.31 Å². The molecule has 0 unspecified atom stereocenters. The van der Waals surface area contributed by atoms with Gasteiger partial charge in [-0.15, -0.1) is 0 Å². The van der Waals surface area contributed by atoms with Crippen LogP contribution >= 0.6 is 0 Å². The lowest BCUT2D eigenvalue weighted by Crippen LogP contribution is -2.44. The molecule has 0 aromatic heterocycles. The maximum Gasteiger partial charge on any atom is 0.289 e. The summed E-state index contributed by atoms with van der Waals surface area (Å²) < 4.78 is 28.0. The van der Waals surface area contributed by atoms with E-state index in [2.05, 4.69) is 4.90 Å². The van der Waals surface area contributed by atoms with Crippen molar-refractivity contribution in [2.45, 2.75) is 37.2 Å². The van der Waals surface area contributed by atoms with E-state index in [0.29, 0.717) is 12.2 Å². The van der Waals surface area contributed by atoms with Crippen LogP contribution in [-0.4, -0.2) is 55.6 Å². The molecule has 1 aliphatic heterocycles. The Morgan fingerprint density at radius 1 is 1.10 bits per heavy atom. The molecule has 30 heavy (non-hydrogen) atoms. The number of rotatable bonds is 8. The number of anilines is 1. The summed E-state index contributed by atoms with van der Waals surface area (Å²) in [5.41, 5.74) is 0.826. The monoisotopic (exact) mass is 433 g/mol. The van der Waals surface area contributed by atoms with Crippen molar-refractivity contribution in [3.8, 4) is 0 Å². The Morgan fingerprint density at radius 3 is 2.37 bits per heavy atom. The van der Waals surface area contributed by atoms with E-state index in [1.165, 1.54) is 24.3 Å². The third-order valence-corrected chi connectivity index (χ3v) is 7.09. The number of aliphatic hydroxyl groups excluding tert-OH is 1. The first-order chi connectivity index (χ1) is 14.3. The molecule has 0 bridgehead atoms. The van der Waals surface area contributed by atoms with Crippen molar-refractivity contribution in [1.29, 1.82) is 0 Å². The molecule has 0 amide bonds. The molecule has 2 aromatic carbocycles. The number of hydrogen-bond acceptors (Lipinski definition) is 6. The molecule has 0 radical (unpaired) electrons. The van der Waals surface area contributed by atoms with Gasteiger partial charge in [0.15, 0.2) is 4.90 Å². The highest BCUT2D eigenvalue weighted by atomic mass is 32.2. The highest BCUT2D eigenvalue weighted by Gasteiger charge is 2.33. The molecule has 1 N–H and O–H groups in total. The average Bonchev–Trinajstić information content (AvgIpc) is 2.73. The molecule has 3 rings (SSSR count). The first-order valence-electron chi connectivity index (χ1n) is 10.0. The molecule has 0 spiro atoms. The van der Waals surface area contributed by atoms with Crippen LogP contribution in [0.25, 0.3) is 0 Å². The zero-order chi connectivity index (χ0) is 21.7. The van der Waals surface area contributed by atoms with Gasteiger partial charge in [0.1, 0.15) is 0 Å². The largest absolute Gasteiger partial charge is 0.390 e. The van der Waals surface area contributed by atoms with E-state index in [1.54, 1.807) is 24.3 Å². The molecule has 1 atom stereocenters. The number of nitro groups is 1. The lowest BCUT2D eigenvalue weighted by atomic mass is 10.1. The molecule has 1 fully saturated rings. The smallest absolute Gasteiger partial charge is 0.289 e. The molecule has 162 valence electrons. The van der Waals surface area contributed by atoms with E-state index in [-0.39, 0.29) is 11.4 Å². The van der Waals surface area contributed by atoms with Gasteiger partial charge in [-0.1, -0.05) is 36.2 Å². The SMILES string of the molecule is Cc1ccc(N(C[C@@H](O)CN2CCCCC2)S(=O)(=O)c2ccccc2[N+](=O)[O-])cc1. The molecule has 9 heteroatoms. The van der Waals surface area contributed by atoms with E-state index in [1.807, 2.05) is 6.92 Å². The van der Waals surface area contributed by atoms with Crippen LogP contribution in [0.4, 0.5) is 11.4 Å². The number of β-amino-alcohol motifs (C(OH)–C–C–N with tert-alkyl or cyclic N) is 1. The van der Waals surface area contributed by atoms with Gasteiger partial charge in [0.05, 0.1) is 23.3 Å². The van der Waals surface area contributed by atoms with Gasteiger partial charge in [0.25, 0.3) is 15.7 Å². The maximum atomic E-state index is 13.5. The number of piperidine rings is 1. The second-order valence-electron chi connectivity index (χ2n) is 7.61. The van der Waals surface area contributed by atoms with Gasteiger partial charge in [0, 0.05) is 12.6 Å². The number of hydrogen-bond donors (Lipinski definition) is 1. The fourth-order valence-corrected chi connectivity index (χ4v) is 5.35. The average molecular weight is 434 g/mol. The van der Waals surface area contributed by atoms with Crippen LogP contribution in [0, 0.1) is 17.0 Å². The van der Waals surface area contributed by atoms with Crippen molar-refractivity contribution < 1.29 is 18.4 Å². The predicted molar refractivity (Wildman–Crippen MR) is 115 cm³/mol. The zero-order valence-electron chi connectivity index (χ0n) is 17.0. The third-order valence-electron chi connectivity index (χ3n) is 5.25. The van der Waals surface area contributed by atoms with Crippen molar-refractivity contribution >= 4 is 21.4 Å². The second-order valence-corrected chi connectivity index (χ2v) is 9.44. The van der Waals surface area contributed by atoms with Crippen LogP contribution in [-0.2, 0) is 10.0 Å². The number of para-hydroxylation sites is 1. The summed E-state index contributed by atoms with van der Waals surface area (Å²) in [6, 6.07) is 12.1. The molecule has 1 aliphatic rings. The zero-order valence-corrected chi connectivity index (χ0v) is 17.8. The number of sulfonamides is 1. The minimum Gasteiger partial charge on any atom is -0.390 e. The highest BCUT2D eigenvalue weighted by Crippen LogP contribution is 2.30. The number of aliphatic hydroxyl groups is 1. The second kappa shape index (κ2) is 9.55. The van der Waals surface area contributed by atoms with Crippen molar-refractivity contribution in [3.05, 3.63) is 64.2 Å². The van der Waals surface area contributed by atoms with Crippen molar-refractivity contribution in [3.63, 3.8) is 0 Å². The molecular weight excluding hydrogens is 406 g/mol. The fraction of sp³-hybridized carbons (Fsp3) is 0.429. The van der Waals surface area contributed by atoms with Crippen LogP contribution in [0.1, 0.15) is 24.8 Å². The standard InChI is InChI=1S/C21H27N3O5S/c1-17-9-11-18(12-10-17)23(16-19(25)15-22-13-5-2-6-14-22)30(28,29)21-8-4-3-7-20(21)24(26)27/h3-4,7-12,19,25H,2,5-6,13-16H2,1H3/t19-/m0/s1. The number of benzene rings is 2. The van der Waals surface area contributed by atoms with Gasteiger partial charge in [-0.2, -0.15) is 0 Å².